The molecule has 5 heterocycles. The first-order chi connectivity index (χ1) is 29.7. The van der Waals surface area contributed by atoms with Gasteiger partial charge in [0.15, 0.2) is 26.3 Å². The normalized spacial score (nSPS) is 19.3. The number of phenolic OH excluding ortho intramolecular Hbond substituents is 1. The van der Waals surface area contributed by atoms with Crippen molar-refractivity contribution in [1.29, 1.82) is 0 Å². The van der Waals surface area contributed by atoms with E-state index >= 15 is 0 Å². The summed E-state index contributed by atoms with van der Waals surface area (Å²) in [6.07, 6.45) is 5.19. The van der Waals surface area contributed by atoms with Crippen LogP contribution in [0.15, 0.2) is 94.2 Å². The van der Waals surface area contributed by atoms with Crippen LogP contribution in [0.1, 0.15) is 62.8 Å². The molecule has 326 valence electrons. The second-order valence-electron chi connectivity index (χ2n) is 18.2. The highest BCUT2D eigenvalue weighted by Crippen LogP contribution is 2.46. The first-order valence-electron chi connectivity index (χ1n) is 21.6. The second kappa shape index (κ2) is 17.6. The van der Waals surface area contributed by atoms with Gasteiger partial charge < -0.3 is 39.3 Å². The van der Waals surface area contributed by atoms with E-state index in [0.717, 1.165) is 60.3 Å². The van der Waals surface area contributed by atoms with Crippen LogP contribution < -0.4 is 26.0 Å². The minimum absolute atomic E-state index is 0.0693. The SMILES string of the molecule is CC(C)(C)[Si](C)(C)O[C@@H](CNCc1ccc2c(c1)oc(=O)n2CCC=Cc1ccc(-c2ccccc2)c(N(C(=O)O)[C@H]2CN3CCC2CC3)c1)c1ccc(O)c2c1OCC(=O)N2. The van der Waals surface area contributed by atoms with Crippen molar-refractivity contribution < 1.29 is 33.4 Å². The van der Waals surface area contributed by atoms with Crippen LogP contribution in [0.4, 0.5) is 16.2 Å². The van der Waals surface area contributed by atoms with Gasteiger partial charge in [0.05, 0.1) is 23.3 Å². The van der Waals surface area contributed by atoms with Crippen molar-refractivity contribution in [2.45, 2.75) is 83.4 Å². The predicted octanol–water partition coefficient (Wildman–Crippen LogP) is 8.83. The number of carboxylic acid groups (broad SMARTS) is 1. The molecule has 4 aromatic carbocycles. The van der Waals surface area contributed by atoms with Crippen molar-refractivity contribution in [2.75, 3.05) is 43.0 Å². The highest BCUT2D eigenvalue weighted by molar-refractivity contribution is 6.74. The number of nitrogens with zero attached hydrogens (tertiary/aromatic N) is 3. The van der Waals surface area contributed by atoms with Crippen molar-refractivity contribution >= 4 is 48.9 Å². The Labute approximate surface area is 363 Å². The minimum Gasteiger partial charge on any atom is -0.506 e. The Balaban J connectivity index is 0.961. The van der Waals surface area contributed by atoms with E-state index in [1.165, 1.54) is 0 Å². The largest absolute Gasteiger partial charge is 0.506 e. The maximum atomic E-state index is 13.1. The van der Waals surface area contributed by atoms with Crippen LogP contribution in [0.25, 0.3) is 28.3 Å². The van der Waals surface area contributed by atoms with Crippen molar-refractivity contribution in [3.8, 4) is 22.6 Å². The molecule has 5 aromatic rings. The maximum absolute atomic E-state index is 13.1. The van der Waals surface area contributed by atoms with Gasteiger partial charge in [0, 0.05) is 37.3 Å². The van der Waals surface area contributed by atoms with E-state index in [-0.39, 0.29) is 35.0 Å². The Morgan fingerprint density at radius 2 is 1.82 bits per heavy atom. The van der Waals surface area contributed by atoms with Gasteiger partial charge in [-0.05, 0) is 103 Å². The summed E-state index contributed by atoms with van der Waals surface area (Å²) in [5, 5.41) is 27.4. The minimum atomic E-state index is -2.29. The number of hydrogen-bond acceptors (Lipinski definition) is 9. The number of allylic oxidation sites excluding steroid dienone is 1. The molecular formula is C48H57N5O8Si. The van der Waals surface area contributed by atoms with Crippen molar-refractivity contribution in [3.05, 3.63) is 112 Å². The summed E-state index contributed by atoms with van der Waals surface area (Å²) >= 11 is 0. The van der Waals surface area contributed by atoms with E-state index in [2.05, 4.69) is 49.4 Å². The van der Waals surface area contributed by atoms with Gasteiger partial charge in [-0.3, -0.25) is 14.3 Å². The number of phenols is 1. The Kier molecular flexibility index (Phi) is 12.2. The fourth-order valence-corrected chi connectivity index (χ4v) is 10.0. The number of piperidine rings is 3. The van der Waals surface area contributed by atoms with E-state index in [9.17, 15) is 24.6 Å². The molecule has 3 fully saturated rings. The molecule has 3 saturated heterocycles. The first kappa shape index (κ1) is 43.0. The summed E-state index contributed by atoms with van der Waals surface area (Å²) < 4.78 is 20.1. The first-order valence-corrected chi connectivity index (χ1v) is 24.5. The van der Waals surface area contributed by atoms with E-state index in [1.807, 2.05) is 78.9 Å². The fraction of sp³-hybridized carbons (Fsp3) is 0.396. The monoisotopic (exact) mass is 859 g/mol. The van der Waals surface area contributed by atoms with Crippen LogP contribution in [0.2, 0.25) is 18.1 Å². The molecule has 9 rings (SSSR count). The number of anilines is 2. The molecule has 1 aromatic heterocycles. The smallest absolute Gasteiger partial charge is 0.419 e. The van der Waals surface area contributed by atoms with Crippen LogP contribution in [0.5, 0.6) is 11.5 Å². The number of ether oxygens (including phenoxy) is 1. The number of carbonyl (C=O) groups is 2. The molecule has 62 heavy (non-hydrogen) atoms. The molecule has 2 atom stereocenters. The van der Waals surface area contributed by atoms with E-state index < -0.39 is 26.3 Å². The maximum Gasteiger partial charge on any atom is 0.419 e. The van der Waals surface area contributed by atoms with Gasteiger partial charge in [-0.1, -0.05) is 81.5 Å². The lowest BCUT2D eigenvalue weighted by atomic mass is 9.82. The Morgan fingerprint density at radius 3 is 2.53 bits per heavy atom. The lowest BCUT2D eigenvalue weighted by Crippen LogP contribution is -2.59. The third-order valence-electron chi connectivity index (χ3n) is 13.1. The number of rotatable bonds is 14. The molecule has 4 N–H and O–H groups in total. The number of hydrogen-bond donors (Lipinski definition) is 4. The van der Waals surface area contributed by atoms with Gasteiger partial charge in [-0.2, -0.15) is 0 Å². The third-order valence-corrected chi connectivity index (χ3v) is 17.6. The number of fused-ring (bicyclic) bond motifs is 5. The topological polar surface area (TPSA) is 159 Å². The molecule has 2 amide bonds. The summed E-state index contributed by atoms with van der Waals surface area (Å²) in [6.45, 7) is 14.8. The molecule has 0 radical (unpaired) electrons. The molecule has 0 aliphatic carbocycles. The molecule has 14 heteroatoms. The van der Waals surface area contributed by atoms with Gasteiger partial charge in [0.25, 0.3) is 5.91 Å². The number of aromatic hydroxyl groups is 1. The van der Waals surface area contributed by atoms with Crippen LogP contribution in [-0.2, 0) is 22.3 Å². The van der Waals surface area contributed by atoms with Gasteiger partial charge in [0.2, 0.25) is 0 Å². The Morgan fingerprint density at radius 1 is 1.05 bits per heavy atom. The number of nitrogens with one attached hydrogen (secondary N) is 2. The number of amides is 2. The van der Waals surface area contributed by atoms with Crippen LogP contribution in [-0.4, -0.2) is 78.8 Å². The Bertz CT molecular complexity index is 2540. The zero-order chi connectivity index (χ0) is 43.8. The summed E-state index contributed by atoms with van der Waals surface area (Å²) in [7, 11) is -2.29. The lowest BCUT2D eigenvalue weighted by molar-refractivity contribution is -0.118. The zero-order valence-electron chi connectivity index (χ0n) is 36.1. The average molecular weight is 860 g/mol. The summed E-state index contributed by atoms with van der Waals surface area (Å²) in [6, 6.07) is 24.9. The second-order valence-corrected chi connectivity index (χ2v) is 23.0. The summed E-state index contributed by atoms with van der Waals surface area (Å²) in [5.74, 6) is -0.0975. The quantitative estimate of drug-likeness (QED) is 0.0628. The molecule has 4 aliphatic heterocycles. The number of aromatic nitrogens is 1. The summed E-state index contributed by atoms with van der Waals surface area (Å²) in [5.41, 5.74) is 6.52. The predicted molar refractivity (Wildman–Crippen MR) is 244 cm³/mol. The molecular weight excluding hydrogens is 803 g/mol. The van der Waals surface area contributed by atoms with Gasteiger partial charge >= 0.3 is 11.8 Å². The lowest BCUT2D eigenvalue weighted by Gasteiger charge is -2.48. The molecule has 0 spiro atoms. The number of benzene rings is 4. The molecule has 4 aliphatic rings. The third kappa shape index (κ3) is 8.96. The van der Waals surface area contributed by atoms with Crippen LogP contribution in [0, 0.1) is 5.92 Å². The molecule has 0 unspecified atom stereocenters. The fourth-order valence-electron chi connectivity index (χ4n) is 8.75. The van der Waals surface area contributed by atoms with E-state index in [1.54, 1.807) is 21.6 Å². The van der Waals surface area contributed by atoms with Gasteiger partial charge in [-0.15, -0.1) is 0 Å². The summed E-state index contributed by atoms with van der Waals surface area (Å²) in [4.78, 5) is 42.2. The average Bonchev–Trinajstić information content (AvgIpc) is 3.56. The molecule has 0 saturated carbocycles. The highest BCUT2D eigenvalue weighted by atomic mass is 28.4. The number of oxazole rings is 1. The molecule has 2 bridgehead atoms. The number of aryl methyl sites for hydroxylation is 1. The standard InChI is InChI=1S/C48H57N5O8Si/c1-48(2,3)62(4,5)61-42(36-17-19-40(54)44-45(36)59-30-43(55)50-44)28-49-27-32-15-18-37-41(26-32)60-47(58)52(37)22-10-9-11-31-14-16-35(33-12-7-6-8-13-33)38(25-31)53(46(56)57)39-29-51-23-20-34(39)21-24-51/h6-9,11-19,25-26,34,39,42,49,54H,10,20-24,27-30H2,1-5H3,(H,50,55)(H,56,57)/t39-,42-/m0/s1. The van der Waals surface area contributed by atoms with Crippen molar-refractivity contribution in [3.63, 3.8) is 0 Å². The van der Waals surface area contributed by atoms with Gasteiger partial charge in [0.1, 0.15) is 11.4 Å². The van der Waals surface area contributed by atoms with Gasteiger partial charge in [-0.25, -0.2) is 9.59 Å². The zero-order valence-corrected chi connectivity index (χ0v) is 37.1. The molecule has 13 nitrogen and oxygen atoms in total. The van der Waals surface area contributed by atoms with Crippen molar-refractivity contribution in [1.82, 2.24) is 14.8 Å². The van der Waals surface area contributed by atoms with Crippen molar-refractivity contribution in [2.24, 2.45) is 5.92 Å². The van der Waals surface area contributed by atoms with E-state index in [4.69, 9.17) is 13.6 Å². The van der Waals surface area contributed by atoms with E-state index in [0.29, 0.717) is 54.5 Å². The number of carbonyl (C=O) groups excluding carboxylic acids is 1. The van der Waals surface area contributed by atoms with Crippen LogP contribution >= 0.6 is 0 Å². The highest BCUT2D eigenvalue weighted by Gasteiger charge is 2.42. The van der Waals surface area contributed by atoms with Crippen LogP contribution in [0.3, 0.4) is 0 Å². The Hall–Kier alpha value is -5.67.